The maximum absolute atomic E-state index is 13.7. The lowest BCUT2D eigenvalue weighted by molar-refractivity contribution is -0.138. The van der Waals surface area contributed by atoms with Gasteiger partial charge >= 0.3 is 6.18 Å². The number of amides is 2. The summed E-state index contributed by atoms with van der Waals surface area (Å²) in [6.07, 6.45) is -4.60. The number of ether oxygens (including phenoxy) is 1. The van der Waals surface area contributed by atoms with Crippen molar-refractivity contribution >= 4 is 17.5 Å². The molecule has 0 atom stereocenters. The standard InChI is InChI=1S/C20H17F3N2O3/c21-20(22,23)17-11-14(6-5-13(17)12-24-7-9-28-10-8-24)25-18(26)15-3-1-2-4-16(15)19(25)27/h1-6,11H,7-10,12H2. The van der Waals surface area contributed by atoms with Gasteiger partial charge in [-0.1, -0.05) is 18.2 Å². The molecule has 4 rings (SSSR count). The number of nitrogens with zero attached hydrogens (tertiary/aromatic N) is 2. The van der Waals surface area contributed by atoms with E-state index < -0.39 is 23.6 Å². The third kappa shape index (κ3) is 3.29. The highest BCUT2D eigenvalue weighted by atomic mass is 19.4. The van der Waals surface area contributed by atoms with E-state index in [9.17, 15) is 22.8 Å². The van der Waals surface area contributed by atoms with E-state index in [2.05, 4.69) is 0 Å². The molecule has 5 nitrogen and oxygen atoms in total. The first kappa shape index (κ1) is 18.6. The first-order valence-electron chi connectivity index (χ1n) is 8.84. The summed E-state index contributed by atoms with van der Waals surface area (Å²) < 4.78 is 46.3. The number of alkyl halides is 3. The zero-order chi connectivity index (χ0) is 19.9. The molecule has 2 aliphatic rings. The molecule has 0 aromatic heterocycles. The summed E-state index contributed by atoms with van der Waals surface area (Å²) in [5.74, 6) is -1.23. The average Bonchev–Trinajstić information content (AvgIpc) is 2.93. The van der Waals surface area contributed by atoms with Crippen LogP contribution in [0.1, 0.15) is 31.8 Å². The molecular formula is C20H17F3N2O3. The number of imide groups is 1. The Labute approximate surface area is 159 Å². The molecule has 2 heterocycles. The van der Waals surface area contributed by atoms with Crippen molar-refractivity contribution in [2.75, 3.05) is 31.2 Å². The lowest BCUT2D eigenvalue weighted by Gasteiger charge is -2.28. The number of anilines is 1. The summed E-state index contributed by atoms with van der Waals surface area (Å²) in [6.45, 7) is 2.19. The highest BCUT2D eigenvalue weighted by Crippen LogP contribution is 2.37. The normalized spacial score (nSPS) is 17.9. The van der Waals surface area contributed by atoms with Crippen molar-refractivity contribution in [2.45, 2.75) is 12.7 Å². The minimum absolute atomic E-state index is 0.0794. The van der Waals surface area contributed by atoms with Gasteiger partial charge in [0.05, 0.1) is 35.6 Å². The van der Waals surface area contributed by atoms with Gasteiger partial charge in [0.1, 0.15) is 0 Å². The summed E-state index contributed by atoms with van der Waals surface area (Å²) in [6, 6.07) is 9.83. The van der Waals surface area contributed by atoms with Crippen LogP contribution in [0.2, 0.25) is 0 Å². The first-order valence-corrected chi connectivity index (χ1v) is 8.84. The predicted octanol–water partition coefficient (Wildman–Crippen LogP) is 3.34. The highest BCUT2D eigenvalue weighted by molar-refractivity contribution is 6.34. The number of benzene rings is 2. The molecule has 2 aliphatic heterocycles. The van der Waals surface area contributed by atoms with Crippen LogP contribution in [0.4, 0.5) is 18.9 Å². The second kappa shape index (κ2) is 7.03. The number of carbonyl (C=O) groups is 2. The fraction of sp³-hybridized carbons (Fsp3) is 0.300. The Morgan fingerprint density at radius 2 is 1.54 bits per heavy atom. The Kier molecular flexibility index (Phi) is 4.68. The molecule has 2 aromatic rings. The summed E-state index contributed by atoms with van der Waals surface area (Å²) >= 11 is 0. The quantitative estimate of drug-likeness (QED) is 0.755. The molecule has 146 valence electrons. The second-order valence-electron chi connectivity index (χ2n) is 6.72. The molecule has 1 fully saturated rings. The van der Waals surface area contributed by atoms with Crippen molar-refractivity contribution in [1.82, 2.24) is 4.90 Å². The molecular weight excluding hydrogens is 373 g/mol. The summed E-state index contributed by atoms with van der Waals surface area (Å²) in [4.78, 5) is 27.8. The van der Waals surface area contributed by atoms with E-state index in [-0.39, 0.29) is 28.9 Å². The van der Waals surface area contributed by atoms with E-state index in [1.807, 2.05) is 4.90 Å². The van der Waals surface area contributed by atoms with Gasteiger partial charge in [-0.2, -0.15) is 13.2 Å². The molecule has 1 saturated heterocycles. The van der Waals surface area contributed by atoms with Crippen LogP contribution in [0.25, 0.3) is 0 Å². The van der Waals surface area contributed by atoms with E-state index in [4.69, 9.17) is 4.74 Å². The Morgan fingerprint density at radius 3 is 2.11 bits per heavy atom. The van der Waals surface area contributed by atoms with Gasteiger partial charge in [0.15, 0.2) is 0 Å². The van der Waals surface area contributed by atoms with Gasteiger partial charge in [-0.3, -0.25) is 14.5 Å². The Hall–Kier alpha value is -2.71. The largest absolute Gasteiger partial charge is 0.416 e. The van der Waals surface area contributed by atoms with E-state index in [1.165, 1.54) is 24.3 Å². The van der Waals surface area contributed by atoms with Crippen LogP contribution in [0.15, 0.2) is 42.5 Å². The fourth-order valence-corrected chi connectivity index (χ4v) is 3.53. The number of hydrogen-bond acceptors (Lipinski definition) is 4. The van der Waals surface area contributed by atoms with E-state index >= 15 is 0 Å². The van der Waals surface area contributed by atoms with Crippen molar-refractivity contribution < 1.29 is 27.5 Å². The lowest BCUT2D eigenvalue weighted by atomic mass is 10.0. The molecule has 0 unspecified atom stereocenters. The van der Waals surface area contributed by atoms with E-state index in [0.29, 0.717) is 26.3 Å². The zero-order valence-electron chi connectivity index (χ0n) is 14.8. The predicted molar refractivity (Wildman–Crippen MR) is 95.1 cm³/mol. The lowest BCUT2D eigenvalue weighted by Crippen LogP contribution is -2.36. The van der Waals surface area contributed by atoms with Crippen LogP contribution in [0, 0.1) is 0 Å². The molecule has 2 aromatic carbocycles. The van der Waals surface area contributed by atoms with E-state index in [1.54, 1.807) is 12.1 Å². The summed E-state index contributed by atoms with van der Waals surface area (Å²) in [7, 11) is 0. The minimum atomic E-state index is -4.60. The molecule has 0 aliphatic carbocycles. The summed E-state index contributed by atoms with van der Waals surface area (Å²) in [5.41, 5.74) is -0.427. The Balaban J connectivity index is 1.70. The topological polar surface area (TPSA) is 49.9 Å². The van der Waals surface area contributed by atoms with Crippen LogP contribution in [0.3, 0.4) is 0 Å². The molecule has 0 radical (unpaired) electrons. The Bertz CT molecular complexity index is 902. The van der Waals surface area contributed by atoms with Gasteiger partial charge in [-0.15, -0.1) is 0 Å². The number of hydrogen-bond donors (Lipinski definition) is 0. The first-order chi connectivity index (χ1) is 13.4. The zero-order valence-corrected chi connectivity index (χ0v) is 14.8. The van der Waals surface area contributed by atoms with Gasteiger partial charge in [0.25, 0.3) is 11.8 Å². The molecule has 0 N–H and O–H groups in total. The molecule has 8 heteroatoms. The van der Waals surface area contributed by atoms with Gasteiger partial charge in [-0.05, 0) is 29.8 Å². The molecule has 0 saturated carbocycles. The molecule has 2 amide bonds. The Morgan fingerprint density at radius 1 is 0.929 bits per heavy atom. The number of morpholine rings is 1. The van der Waals surface area contributed by atoms with E-state index in [0.717, 1.165) is 11.0 Å². The third-order valence-corrected chi connectivity index (χ3v) is 4.95. The third-order valence-electron chi connectivity index (χ3n) is 4.95. The maximum Gasteiger partial charge on any atom is 0.416 e. The van der Waals surface area contributed by atoms with Crippen LogP contribution in [0.5, 0.6) is 0 Å². The molecule has 28 heavy (non-hydrogen) atoms. The van der Waals surface area contributed by atoms with Crippen molar-refractivity contribution in [3.8, 4) is 0 Å². The van der Waals surface area contributed by atoms with Crippen molar-refractivity contribution in [2.24, 2.45) is 0 Å². The SMILES string of the molecule is O=C1c2ccccc2C(=O)N1c1ccc(CN2CCOCC2)c(C(F)(F)F)c1. The van der Waals surface area contributed by atoms with Crippen molar-refractivity contribution in [3.05, 3.63) is 64.7 Å². The van der Waals surface area contributed by atoms with Crippen molar-refractivity contribution in [1.29, 1.82) is 0 Å². The smallest absolute Gasteiger partial charge is 0.379 e. The maximum atomic E-state index is 13.7. The molecule has 0 spiro atoms. The summed E-state index contributed by atoms with van der Waals surface area (Å²) in [5, 5.41) is 0. The van der Waals surface area contributed by atoms with Gasteiger partial charge in [-0.25, -0.2) is 4.90 Å². The second-order valence-corrected chi connectivity index (χ2v) is 6.72. The average molecular weight is 390 g/mol. The number of halogens is 3. The van der Waals surface area contributed by atoms with Crippen molar-refractivity contribution in [3.63, 3.8) is 0 Å². The van der Waals surface area contributed by atoms with Gasteiger partial charge in [0, 0.05) is 19.6 Å². The fourth-order valence-electron chi connectivity index (χ4n) is 3.53. The molecule has 0 bridgehead atoms. The monoisotopic (exact) mass is 390 g/mol. The van der Waals surface area contributed by atoms with Crippen LogP contribution in [-0.4, -0.2) is 43.0 Å². The highest BCUT2D eigenvalue weighted by Gasteiger charge is 2.39. The van der Waals surface area contributed by atoms with Gasteiger partial charge < -0.3 is 4.74 Å². The number of fused-ring (bicyclic) bond motifs is 1. The number of rotatable bonds is 3. The number of carbonyl (C=O) groups excluding carboxylic acids is 2. The van der Waals surface area contributed by atoms with Gasteiger partial charge in [0.2, 0.25) is 0 Å². The minimum Gasteiger partial charge on any atom is -0.379 e. The van der Waals surface area contributed by atoms with Crippen LogP contribution < -0.4 is 4.90 Å². The van der Waals surface area contributed by atoms with Crippen LogP contribution in [-0.2, 0) is 17.5 Å². The van der Waals surface area contributed by atoms with Crippen LogP contribution >= 0.6 is 0 Å².